The van der Waals surface area contributed by atoms with Crippen LogP contribution in [0, 0.1) is 17.7 Å². The molecule has 0 spiro atoms. The van der Waals surface area contributed by atoms with E-state index in [0.29, 0.717) is 25.4 Å². The molecular formula is C21H25FO5. The minimum Gasteiger partial charge on any atom is -0.491 e. The molecule has 3 unspecified atom stereocenters. The maximum atomic E-state index is 12.9. The van der Waals surface area contributed by atoms with Crippen LogP contribution in [0.1, 0.15) is 38.5 Å². The molecule has 3 atom stereocenters. The van der Waals surface area contributed by atoms with Gasteiger partial charge < -0.3 is 18.9 Å². The van der Waals surface area contributed by atoms with Crippen molar-refractivity contribution in [2.75, 3.05) is 19.8 Å². The Balaban J connectivity index is 1.29. The molecule has 2 saturated heterocycles. The van der Waals surface area contributed by atoms with Crippen LogP contribution in [0.2, 0.25) is 0 Å². The van der Waals surface area contributed by atoms with E-state index in [4.69, 9.17) is 18.9 Å². The second-order valence-corrected chi connectivity index (χ2v) is 6.68. The zero-order valence-corrected chi connectivity index (χ0v) is 15.3. The van der Waals surface area contributed by atoms with Gasteiger partial charge in [0.15, 0.2) is 6.10 Å². The van der Waals surface area contributed by atoms with Crippen molar-refractivity contribution in [3.8, 4) is 17.6 Å². The molecule has 2 fully saturated rings. The summed E-state index contributed by atoms with van der Waals surface area (Å²) in [6.45, 7) is 1.32. The minimum absolute atomic E-state index is 0.0179. The summed E-state index contributed by atoms with van der Waals surface area (Å²) >= 11 is 0. The van der Waals surface area contributed by atoms with E-state index < -0.39 is 6.10 Å². The Morgan fingerprint density at radius 2 is 2.04 bits per heavy atom. The van der Waals surface area contributed by atoms with Crippen molar-refractivity contribution in [3.05, 3.63) is 30.1 Å². The number of rotatable bonds is 6. The fourth-order valence-electron chi connectivity index (χ4n) is 3.06. The number of hydrogen-bond donors (Lipinski definition) is 0. The van der Waals surface area contributed by atoms with Gasteiger partial charge in [0.05, 0.1) is 6.10 Å². The number of carbonyl (C=O) groups excluding carboxylic acids is 1. The molecule has 1 aromatic rings. The highest BCUT2D eigenvalue weighted by atomic mass is 19.1. The van der Waals surface area contributed by atoms with Crippen LogP contribution in [0.3, 0.4) is 0 Å². The normalized spacial score (nSPS) is 24.7. The lowest BCUT2D eigenvalue weighted by Gasteiger charge is -2.20. The van der Waals surface area contributed by atoms with E-state index in [2.05, 4.69) is 11.8 Å². The second kappa shape index (κ2) is 10.3. The topological polar surface area (TPSA) is 54.0 Å². The zero-order valence-electron chi connectivity index (χ0n) is 15.3. The zero-order chi connectivity index (χ0) is 18.9. The van der Waals surface area contributed by atoms with Gasteiger partial charge in [0.1, 0.15) is 30.9 Å². The van der Waals surface area contributed by atoms with Gasteiger partial charge in [0.2, 0.25) is 0 Å². The number of halogens is 1. The molecule has 0 saturated carbocycles. The largest absolute Gasteiger partial charge is 0.491 e. The molecular weight excluding hydrogens is 351 g/mol. The first-order chi connectivity index (χ1) is 13.2. The molecule has 2 aliphatic heterocycles. The highest BCUT2D eigenvalue weighted by Gasteiger charge is 2.25. The summed E-state index contributed by atoms with van der Waals surface area (Å²) in [6.07, 6.45) is 4.40. The van der Waals surface area contributed by atoms with Crippen LogP contribution >= 0.6 is 0 Å². The SMILES string of the molecule is O=C(OCCC#CC1CCC(COc2ccc(F)cc2)O1)C1CCCCO1. The van der Waals surface area contributed by atoms with Crippen LogP contribution in [-0.2, 0) is 19.0 Å². The van der Waals surface area contributed by atoms with Gasteiger partial charge >= 0.3 is 5.97 Å². The van der Waals surface area contributed by atoms with Crippen molar-refractivity contribution < 1.29 is 28.1 Å². The molecule has 1 aromatic carbocycles. The molecule has 0 amide bonds. The van der Waals surface area contributed by atoms with Crippen molar-refractivity contribution in [2.45, 2.75) is 56.8 Å². The number of hydrogen-bond acceptors (Lipinski definition) is 5. The molecule has 0 N–H and O–H groups in total. The molecule has 6 heteroatoms. The summed E-state index contributed by atoms with van der Waals surface area (Å²) < 4.78 is 34.9. The molecule has 0 aliphatic carbocycles. The molecule has 27 heavy (non-hydrogen) atoms. The van der Waals surface area contributed by atoms with Crippen LogP contribution in [0.5, 0.6) is 5.75 Å². The first-order valence-corrected chi connectivity index (χ1v) is 9.51. The molecule has 2 heterocycles. The third-order valence-corrected chi connectivity index (χ3v) is 4.53. The van der Waals surface area contributed by atoms with Crippen LogP contribution < -0.4 is 4.74 Å². The second-order valence-electron chi connectivity index (χ2n) is 6.68. The van der Waals surface area contributed by atoms with Gasteiger partial charge in [-0.05, 0) is 56.4 Å². The number of ether oxygens (including phenoxy) is 4. The van der Waals surface area contributed by atoms with E-state index in [1.54, 1.807) is 12.1 Å². The lowest BCUT2D eigenvalue weighted by Crippen LogP contribution is -2.30. The number of esters is 1. The summed E-state index contributed by atoms with van der Waals surface area (Å²) in [7, 11) is 0. The maximum Gasteiger partial charge on any atom is 0.335 e. The summed E-state index contributed by atoms with van der Waals surface area (Å²) in [5.41, 5.74) is 0. The van der Waals surface area contributed by atoms with E-state index in [9.17, 15) is 9.18 Å². The molecule has 146 valence electrons. The third-order valence-electron chi connectivity index (χ3n) is 4.53. The van der Waals surface area contributed by atoms with Gasteiger partial charge in [-0.2, -0.15) is 0 Å². The Morgan fingerprint density at radius 3 is 2.81 bits per heavy atom. The van der Waals surface area contributed by atoms with Crippen LogP contribution in [0.4, 0.5) is 4.39 Å². The molecule has 0 aromatic heterocycles. The minimum atomic E-state index is -0.410. The number of carbonyl (C=O) groups is 1. The van der Waals surface area contributed by atoms with E-state index in [0.717, 1.165) is 32.1 Å². The van der Waals surface area contributed by atoms with Crippen molar-refractivity contribution in [3.63, 3.8) is 0 Å². The fourth-order valence-corrected chi connectivity index (χ4v) is 3.06. The summed E-state index contributed by atoms with van der Waals surface area (Å²) in [5, 5.41) is 0. The molecule has 5 nitrogen and oxygen atoms in total. The van der Waals surface area contributed by atoms with Gasteiger partial charge in [0.25, 0.3) is 0 Å². The Kier molecular flexibility index (Phi) is 7.49. The van der Waals surface area contributed by atoms with Crippen molar-refractivity contribution in [1.29, 1.82) is 0 Å². The monoisotopic (exact) mass is 376 g/mol. The predicted molar refractivity (Wildman–Crippen MR) is 96.7 cm³/mol. The molecule has 0 bridgehead atoms. The van der Waals surface area contributed by atoms with Crippen molar-refractivity contribution >= 4 is 5.97 Å². The highest BCUT2D eigenvalue weighted by Crippen LogP contribution is 2.21. The van der Waals surface area contributed by atoms with E-state index in [1.807, 2.05) is 0 Å². The van der Waals surface area contributed by atoms with Gasteiger partial charge in [-0.15, -0.1) is 0 Å². The smallest absolute Gasteiger partial charge is 0.335 e. The standard InChI is InChI=1S/C21H25FO5/c22-16-7-9-17(10-8-16)26-15-19-12-11-18(27-19)5-1-3-14-25-21(23)20-6-2-4-13-24-20/h7-10,18-20H,2-4,6,11-15H2. The highest BCUT2D eigenvalue weighted by molar-refractivity contribution is 5.74. The van der Waals surface area contributed by atoms with Gasteiger partial charge in [-0.25, -0.2) is 9.18 Å². The average molecular weight is 376 g/mol. The van der Waals surface area contributed by atoms with E-state index >= 15 is 0 Å². The average Bonchev–Trinajstić information content (AvgIpc) is 3.15. The Bertz CT molecular complexity index is 657. The van der Waals surface area contributed by atoms with Crippen LogP contribution in [0.15, 0.2) is 24.3 Å². The molecule has 2 aliphatic rings. The summed E-state index contributed by atoms with van der Waals surface area (Å²) in [5.74, 6) is 6.13. The maximum absolute atomic E-state index is 12.9. The van der Waals surface area contributed by atoms with Crippen molar-refractivity contribution in [1.82, 2.24) is 0 Å². The third kappa shape index (κ3) is 6.53. The fraction of sp³-hybridized carbons (Fsp3) is 0.571. The molecule has 3 rings (SSSR count). The summed E-state index contributed by atoms with van der Waals surface area (Å²) in [6, 6.07) is 5.93. The Hall–Kier alpha value is -2.10. The van der Waals surface area contributed by atoms with Crippen LogP contribution in [0.25, 0.3) is 0 Å². The predicted octanol–water partition coefficient (Wildman–Crippen LogP) is 3.26. The van der Waals surface area contributed by atoms with Crippen LogP contribution in [-0.4, -0.2) is 44.1 Å². The lowest BCUT2D eigenvalue weighted by atomic mass is 10.1. The van der Waals surface area contributed by atoms with Crippen molar-refractivity contribution in [2.24, 2.45) is 0 Å². The van der Waals surface area contributed by atoms with E-state index in [-0.39, 0.29) is 30.6 Å². The summed E-state index contributed by atoms with van der Waals surface area (Å²) in [4.78, 5) is 11.8. The number of benzene rings is 1. The van der Waals surface area contributed by atoms with Gasteiger partial charge in [-0.3, -0.25) is 0 Å². The lowest BCUT2D eigenvalue weighted by molar-refractivity contribution is -0.159. The first kappa shape index (κ1) is 19.7. The Morgan fingerprint density at radius 1 is 1.19 bits per heavy atom. The van der Waals surface area contributed by atoms with E-state index in [1.165, 1.54) is 12.1 Å². The quantitative estimate of drug-likeness (QED) is 0.433. The van der Waals surface area contributed by atoms with Gasteiger partial charge in [0, 0.05) is 13.0 Å². The first-order valence-electron chi connectivity index (χ1n) is 9.51. The van der Waals surface area contributed by atoms with Gasteiger partial charge in [-0.1, -0.05) is 11.8 Å². The Labute approximate surface area is 159 Å². The molecule has 0 radical (unpaired) electrons.